The molecule has 1 heterocycles. The molecule has 31 heavy (non-hydrogen) atoms. The number of carbonyl (C=O) groups excluding carboxylic acids is 2. The number of carboxylic acids is 1. The van der Waals surface area contributed by atoms with Crippen LogP contribution in [-0.2, 0) is 29.0 Å². The summed E-state index contributed by atoms with van der Waals surface area (Å²) < 4.78 is 0. The van der Waals surface area contributed by atoms with Crippen LogP contribution in [0.25, 0.3) is 0 Å². The molecule has 2 atom stereocenters. The largest absolute Gasteiger partial charge is 0.481 e. The summed E-state index contributed by atoms with van der Waals surface area (Å²) in [4.78, 5) is 37.8. The van der Waals surface area contributed by atoms with Crippen LogP contribution in [0, 0.1) is 11.8 Å². The van der Waals surface area contributed by atoms with Crippen molar-refractivity contribution in [3.8, 4) is 0 Å². The van der Waals surface area contributed by atoms with E-state index < -0.39 is 5.97 Å². The zero-order valence-corrected chi connectivity index (χ0v) is 18.9. The Bertz CT molecular complexity index is 939. The highest BCUT2D eigenvalue weighted by molar-refractivity contribution is 7.17. The minimum Gasteiger partial charge on any atom is -0.481 e. The number of fused-ring (bicyclic) bond motifs is 1. The Morgan fingerprint density at radius 3 is 2.61 bits per heavy atom. The van der Waals surface area contributed by atoms with Crippen LogP contribution in [0.15, 0.2) is 30.3 Å². The number of nitrogens with one attached hydrogen (secondary N) is 2. The second kappa shape index (κ2) is 10.6. The smallest absolute Gasteiger partial charge is 0.303 e. The van der Waals surface area contributed by atoms with E-state index in [1.807, 2.05) is 30.3 Å². The van der Waals surface area contributed by atoms with Crippen LogP contribution in [0.3, 0.4) is 0 Å². The van der Waals surface area contributed by atoms with E-state index >= 15 is 0 Å². The standard InChI is InChI=1S/C24H30N2O4S/c1-3-16-9-10-18-19(13-16)31-24(26-20(27)11-15(2)12-21(28)29)22(18)23(30)25-14-17-7-5-4-6-8-17/h4-8,15-16H,3,9-14H2,1-2H3,(H,25,30)(H,26,27)(H,28,29)/t15-,16-/m0/s1. The van der Waals surface area contributed by atoms with E-state index in [0.29, 0.717) is 23.0 Å². The van der Waals surface area contributed by atoms with Crippen LogP contribution >= 0.6 is 11.3 Å². The third-order valence-corrected chi connectivity index (χ3v) is 6.95. The molecule has 3 N–H and O–H groups in total. The molecule has 0 aliphatic heterocycles. The Labute approximate surface area is 187 Å². The Morgan fingerprint density at radius 1 is 1.19 bits per heavy atom. The highest BCUT2D eigenvalue weighted by Crippen LogP contribution is 2.40. The molecular formula is C24H30N2O4S. The molecule has 1 aliphatic rings. The molecule has 0 saturated carbocycles. The third-order valence-electron chi connectivity index (χ3n) is 5.78. The fourth-order valence-corrected chi connectivity index (χ4v) is 5.44. The van der Waals surface area contributed by atoms with Gasteiger partial charge in [-0.2, -0.15) is 0 Å². The fraction of sp³-hybridized carbons (Fsp3) is 0.458. The Balaban J connectivity index is 1.78. The molecule has 0 spiro atoms. The zero-order chi connectivity index (χ0) is 22.4. The topological polar surface area (TPSA) is 95.5 Å². The maximum absolute atomic E-state index is 13.1. The zero-order valence-electron chi connectivity index (χ0n) is 18.1. The molecule has 1 aromatic heterocycles. The average Bonchev–Trinajstić information content (AvgIpc) is 3.08. The van der Waals surface area contributed by atoms with Crippen LogP contribution in [0.5, 0.6) is 0 Å². The first-order chi connectivity index (χ1) is 14.9. The SMILES string of the molecule is CC[C@H]1CCc2c(sc(NC(=O)C[C@H](C)CC(=O)O)c2C(=O)NCc2ccccc2)C1. The average molecular weight is 443 g/mol. The van der Waals surface area contributed by atoms with Gasteiger partial charge < -0.3 is 15.7 Å². The van der Waals surface area contributed by atoms with Crippen molar-refractivity contribution < 1.29 is 19.5 Å². The molecule has 0 unspecified atom stereocenters. The summed E-state index contributed by atoms with van der Waals surface area (Å²) >= 11 is 1.49. The lowest BCUT2D eigenvalue weighted by atomic mass is 9.85. The van der Waals surface area contributed by atoms with Gasteiger partial charge >= 0.3 is 5.97 Å². The number of carbonyl (C=O) groups is 3. The highest BCUT2D eigenvalue weighted by atomic mass is 32.1. The molecule has 166 valence electrons. The summed E-state index contributed by atoms with van der Waals surface area (Å²) in [6.07, 6.45) is 3.96. The molecule has 0 bridgehead atoms. The monoisotopic (exact) mass is 442 g/mol. The normalized spacial score (nSPS) is 16.3. The van der Waals surface area contributed by atoms with Gasteiger partial charge in [0.25, 0.3) is 5.91 Å². The van der Waals surface area contributed by atoms with Crippen molar-refractivity contribution in [2.24, 2.45) is 11.8 Å². The molecule has 0 saturated heterocycles. The van der Waals surface area contributed by atoms with Crippen LogP contribution < -0.4 is 10.6 Å². The number of thiophene rings is 1. The number of carboxylic acid groups (broad SMARTS) is 1. The minimum atomic E-state index is -0.918. The summed E-state index contributed by atoms with van der Waals surface area (Å²) in [5.74, 6) is -1.02. The summed E-state index contributed by atoms with van der Waals surface area (Å²) in [5.41, 5.74) is 2.64. The molecule has 1 aliphatic carbocycles. The van der Waals surface area contributed by atoms with Crippen molar-refractivity contribution in [2.75, 3.05) is 5.32 Å². The van der Waals surface area contributed by atoms with E-state index in [4.69, 9.17) is 5.11 Å². The van der Waals surface area contributed by atoms with Gasteiger partial charge in [0.15, 0.2) is 0 Å². The third kappa shape index (κ3) is 6.17. The first kappa shape index (κ1) is 23.0. The molecule has 3 rings (SSSR count). The summed E-state index contributed by atoms with van der Waals surface area (Å²) in [5, 5.41) is 15.4. The Morgan fingerprint density at radius 2 is 1.94 bits per heavy atom. The van der Waals surface area contributed by atoms with Gasteiger partial charge in [-0.15, -0.1) is 11.3 Å². The van der Waals surface area contributed by atoms with Crippen molar-refractivity contribution in [2.45, 2.75) is 58.9 Å². The number of hydrogen-bond acceptors (Lipinski definition) is 4. The molecule has 2 amide bonds. The van der Waals surface area contributed by atoms with Gasteiger partial charge in [-0.3, -0.25) is 14.4 Å². The lowest BCUT2D eigenvalue weighted by Crippen LogP contribution is -2.26. The molecule has 0 radical (unpaired) electrons. The summed E-state index contributed by atoms with van der Waals surface area (Å²) in [6, 6.07) is 9.72. The van der Waals surface area contributed by atoms with Crippen LogP contribution in [0.1, 0.15) is 65.9 Å². The first-order valence-corrected chi connectivity index (χ1v) is 11.7. The number of rotatable bonds is 9. The van der Waals surface area contributed by atoms with Gasteiger partial charge in [-0.1, -0.05) is 50.6 Å². The number of benzene rings is 1. The lowest BCUT2D eigenvalue weighted by molar-refractivity contribution is -0.138. The summed E-state index contributed by atoms with van der Waals surface area (Å²) in [7, 11) is 0. The van der Waals surface area contributed by atoms with Gasteiger partial charge in [0.05, 0.1) is 5.56 Å². The van der Waals surface area contributed by atoms with Crippen molar-refractivity contribution in [3.63, 3.8) is 0 Å². The van der Waals surface area contributed by atoms with Crippen LogP contribution in [0.2, 0.25) is 0 Å². The fourth-order valence-electron chi connectivity index (χ4n) is 4.06. The predicted molar refractivity (Wildman–Crippen MR) is 122 cm³/mol. The maximum atomic E-state index is 13.1. The Hall–Kier alpha value is -2.67. The Kier molecular flexibility index (Phi) is 7.85. The molecule has 0 fully saturated rings. The second-order valence-corrected chi connectivity index (χ2v) is 9.45. The maximum Gasteiger partial charge on any atom is 0.303 e. The number of anilines is 1. The highest BCUT2D eigenvalue weighted by Gasteiger charge is 2.29. The van der Waals surface area contributed by atoms with Crippen molar-refractivity contribution in [1.29, 1.82) is 0 Å². The van der Waals surface area contributed by atoms with Gasteiger partial charge in [-0.25, -0.2) is 0 Å². The van der Waals surface area contributed by atoms with Crippen molar-refractivity contribution >= 4 is 34.1 Å². The van der Waals surface area contributed by atoms with Crippen molar-refractivity contribution in [1.82, 2.24) is 5.32 Å². The molecule has 7 heteroatoms. The van der Waals surface area contributed by atoms with Gasteiger partial charge in [0.1, 0.15) is 5.00 Å². The molecule has 6 nitrogen and oxygen atoms in total. The number of hydrogen-bond donors (Lipinski definition) is 3. The molecule has 2 aromatic rings. The van der Waals surface area contributed by atoms with Gasteiger partial charge in [-0.05, 0) is 42.2 Å². The predicted octanol–water partition coefficient (Wildman–Crippen LogP) is 4.63. The molecule has 1 aromatic carbocycles. The van der Waals surface area contributed by atoms with E-state index in [2.05, 4.69) is 17.6 Å². The number of aliphatic carboxylic acids is 1. The minimum absolute atomic E-state index is 0.0586. The van der Waals surface area contributed by atoms with E-state index in [0.717, 1.165) is 36.8 Å². The first-order valence-electron chi connectivity index (χ1n) is 10.9. The lowest BCUT2D eigenvalue weighted by Gasteiger charge is -2.21. The van der Waals surface area contributed by atoms with Crippen LogP contribution in [-0.4, -0.2) is 22.9 Å². The molecular weight excluding hydrogens is 412 g/mol. The van der Waals surface area contributed by atoms with E-state index in [1.165, 1.54) is 16.2 Å². The summed E-state index contributed by atoms with van der Waals surface area (Å²) in [6.45, 7) is 4.35. The second-order valence-electron chi connectivity index (χ2n) is 8.35. The van der Waals surface area contributed by atoms with Crippen molar-refractivity contribution in [3.05, 3.63) is 51.9 Å². The van der Waals surface area contributed by atoms with Gasteiger partial charge in [0, 0.05) is 24.3 Å². The number of amides is 2. The van der Waals surface area contributed by atoms with Gasteiger partial charge in [0.2, 0.25) is 5.91 Å². The van der Waals surface area contributed by atoms with E-state index in [-0.39, 0.29) is 30.6 Å². The quantitative estimate of drug-likeness (QED) is 0.527. The van der Waals surface area contributed by atoms with E-state index in [9.17, 15) is 14.4 Å². The van der Waals surface area contributed by atoms with E-state index in [1.54, 1.807) is 6.92 Å². The van der Waals surface area contributed by atoms with Crippen LogP contribution in [0.4, 0.5) is 5.00 Å².